The first-order valence-electron chi connectivity index (χ1n) is 26.5. The van der Waals surface area contributed by atoms with Crippen LogP contribution in [0.1, 0.15) is 181 Å². The third-order valence-corrected chi connectivity index (χ3v) is 13.6. The molecular weight excluding hydrogens is 1010 g/mol. The summed E-state index contributed by atoms with van der Waals surface area (Å²) in [5, 5.41) is 4.34. The standard InChI is InChI=1S/C26H42FN3O7S.C24H38FN3O7S/c1-3-5-7-9-11-13-15-34-25(32)29-23-20(27)17-30(24(31)28-23)21-19-38-22(37-21)18-36-26(33)35-16-14-12-10-8-6-4-2;1-3-5-7-9-11-13-32-23(30)27-21-18(25)15-28(22(29)26-21)19-17-36-20(35-19)16-34-24(31)33-14-12-10-8-6-4-2/h17,21-22H,3-16,18-19H2,1-2H3,(H,28,29,31,32);15,19-20H,3-14,16-17H2,1-2H3,(H,26,27,29,30)/t21-,22+;19-,20+/m00/s1. The first kappa shape index (κ1) is 63.6. The van der Waals surface area contributed by atoms with Gasteiger partial charge in [0.2, 0.25) is 0 Å². The Balaban J connectivity index is 0.000000391. The molecule has 4 atom stereocenters. The van der Waals surface area contributed by atoms with Crippen molar-refractivity contribution in [3.05, 3.63) is 45.0 Å². The van der Waals surface area contributed by atoms with Gasteiger partial charge in [0, 0.05) is 11.5 Å². The zero-order valence-electron chi connectivity index (χ0n) is 43.8. The van der Waals surface area contributed by atoms with Crippen LogP contribution in [0.3, 0.4) is 0 Å². The van der Waals surface area contributed by atoms with Crippen molar-refractivity contribution in [2.75, 3.05) is 61.8 Å². The lowest BCUT2D eigenvalue weighted by Gasteiger charge is -2.15. The second-order valence-corrected chi connectivity index (χ2v) is 20.1. The molecule has 0 unspecified atom stereocenters. The maximum atomic E-state index is 14.5. The smallest absolute Gasteiger partial charge is 0.449 e. The molecule has 2 aliphatic rings. The lowest BCUT2D eigenvalue weighted by Crippen LogP contribution is -2.31. The molecule has 2 saturated heterocycles. The minimum Gasteiger partial charge on any atom is -0.449 e. The molecule has 74 heavy (non-hydrogen) atoms. The predicted octanol–water partition coefficient (Wildman–Crippen LogP) is 12.0. The van der Waals surface area contributed by atoms with Crippen molar-refractivity contribution in [1.29, 1.82) is 0 Å². The molecule has 2 aromatic heterocycles. The fourth-order valence-electron chi connectivity index (χ4n) is 7.27. The molecule has 420 valence electrons. The molecule has 20 nitrogen and oxygen atoms in total. The third kappa shape index (κ3) is 26.7. The average Bonchev–Trinajstić information content (AvgIpc) is 4.07. The Morgan fingerprint density at radius 2 is 0.824 bits per heavy atom. The van der Waals surface area contributed by atoms with E-state index < -0.39 is 82.5 Å². The molecule has 2 amide bonds. The first-order valence-corrected chi connectivity index (χ1v) is 28.6. The summed E-state index contributed by atoms with van der Waals surface area (Å²) in [6, 6.07) is 0. The van der Waals surface area contributed by atoms with Crippen LogP contribution >= 0.6 is 23.5 Å². The van der Waals surface area contributed by atoms with E-state index in [2.05, 4.69) is 48.3 Å². The molecule has 2 aliphatic heterocycles. The van der Waals surface area contributed by atoms with Gasteiger partial charge in [-0.25, -0.2) is 37.5 Å². The molecule has 0 aliphatic carbocycles. The highest BCUT2D eigenvalue weighted by molar-refractivity contribution is 8.00. The van der Waals surface area contributed by atoms with E-state index in [1.54, 1.807) is 0 Å². The van der Waals surface area contributed by atoms with Crippen LogP contribution in [0.5, 0.6) is 0 Å². The van der Waals surface area contributed by atoms with Gasteiger partial charge in [-0.15, -0.1) is 23.5 Å². The molecule has 0 bridgehead atoms. The highest BCUT2D eigenvalue weighted by Gasteiger charge is 2.32. The Labute approximate surface area is 442 Å². The second kappa shape index (κ2) is 38.8. The van der Waals surface area contributed by atoms with E-state index in [0.717, 1.165) is 124 Å². The fourth-order valence-corrected chi connectivity index (χ4v) is 9.25. The number of nitrogens with zero attached hydrogens (tertiary/aromatic N) is 4. The number of halogens is 2. The van der Waals surface area contributed by atoms with Gasteiger partial charge < -0.3 is 37.9 Å². The fraction of sp³-hybridized carbons (Fsp3) is 0.760. The first-order chi connectivity index (χ1) is 35.9. The van der Waals surface area contributed by atoms with Crippen LogP contribution in [-0.4, -0.2) is 106 Å². The van der Waals surface area contributed by atoms with E-state index in [4.69, 9.17) is 37.9 Å². The zero-order chi connectivity index (χ0) is 53.8. The number of unbranched alkanes of at least 4 members (excludes halogenated alkanes) is 18. The molecule has 0 aromatic carbocycles. The Morgan fingerprint density at radius 1 is 0.514 bits per heavy atom. The van der Waals surface area contributed by atoms with E-state index in [-0.39, 0.29) is 26.4 Å². The van der Waals surface area contributed by atoms with Crippen LogP contribution < -0.4 is 22.0 Å². The summed E-state index contributed by atoms with van der Waals surface area (Å²) < 4.78 is 72.8. The normalized spacial score (nSPS) is 16.9. The van der Waals surface area contributed by atoms with Crippen molar-refractivity contribution < 1.29 is 65.9 Å². The summed E-state index contributed by atoms with van der Waals surface area (Å²) in [5.74, 6) is -2.14. The van der Waals surface area contributed by atoms with Gasteiger partial charge in [-0.1, -0.05) is 143 Å². The number of anilines is 2. The number of carbonyl (C=O) groups excluding carboxylic acids is 4. The van der Waals surface area contributed by atoms with Crippen molar-refractivity contribution >= 4 is 59.7 Å². The Bertz CT molecular complexity index is 2060. The molecule has 2 fully saturated rings. The van der Waals surface area contributed by atoms with Gasteiger partial charge in [0.05, 0.1) is 38.8 Å². The van der Waals surface area contributed by atoms with E-state index >= 15 is 0 Å². The highest BCUT2D eigenvalue weighted by Crippen LogP contribution is 2.33. The topological polar surface area (TPSA) is 236 Å². The quantitative estimate of drug-likeness (QED) is 0.0376. The van der Waals surface area contributed by atoms with Gasteiger partial charge >= 0.3 is 35.9 Å². The molecule has 4 rings (SSSR count). The molecule has 0 radical (unpaired) electrons. The summed E-state index contributed by atoms with van der Waals surface area (Å²) in [4.78, 5) is 79.4. The minimum atomic E-state index is -0.898. The zero-order valence-corrected chi connectivity index (χ0v) is 45.4. The van der Waals surface area contributed by atoms with Gasteiger partial charge in [0.1, 0.15) is 36.5 Å². The molecule has 2 N–H and O–H groups in total. The summed E-state index contributed by atoms with van der Waals surface area (Å²) in [6.07, 6.45) is 19.9. The predicted molar refractivity (Wildman–Crippen MR) is 278 cm³/mol. The van der Waals surface area contributed by atoms with Crippen molar-refractivity contribution in [2.45, 2.75) is 192 Å². The largest absolute Gasteiger partial charge is 0.508 e. The lowest BCUT2D eigenvalue weighted by molar-refractivity contribution is -0.0242. The number of hydrogen-bond donors (Lipinski definition) is 2. The third-order valence-electron chi connectivity index (χ3n) is 11.4. The molecule has 4 heterocycles. The van der Waals surface area contributed by atoms with Crippen LogP contribution in [-0.2, 0) is 37.9 Å². The minimum absolute atomic E-state index is 0.0642. The number of nitrogens with one attached hydrogen (secondary N) is 2. The number of amides is 2. The second-order valence-electron chi connectivity index (χ2n) is 17.7. The summed E-state index contributed by atoms with van der Waals surface area (Å²) in [6.45, 7) is 9.44. The number of carbonyl (C=O) groups is 4. The van der Waals surface area contributed by atoms with Crippen molar-refractivity contribution in [1.82, 2.24) is 19.1 Å². The van der Waals surface area contributed by atoms with Crippen molar-refractivity contribution in [3.8, 4) is 0 Å². The number of hydrogen-bond acceptors (Lipinski definition) is 18. The van der Waals surface area contributed by atoms with Gasteiger partial charge in [-0.2, -0.15) is 9.97 Å². The van der Waals surface area contributed by atoms with Gasteiger partial charge in [-0.05, 0) is 25.7 Å². The van der Waals surface area contributed by atoms with Crippen LogP contribution in [0.2, 0.25) is 0 Å². The van der Waals surface area contributed by atoms with Crippen LogP contribution in [0.25, 0.3) is 0 Å². The van der Waals surface area contributed by atoms with E-state index in [1.807, 2.05) is 0 Å². The molecular formula is C50H80F2N6O14S2. The number of aromatic nitrogens is 4. The molecule has 0 spiro atoms. The van der Waals surface area contributed by atoms with E-state index in [1.165, 1.54) is 49.2 Å². The molecule has 2 aromatic rings. The van der Waals surface area contributed by atoms with Crippen molar-refractivity contribution in [3.63, 3.8) is 0 Å². The van der Waals surface area contributed by atoms with Crippen LogP contribution in [0, 0.1) is 11.6 Å². The Morgan fingerprint density at radius 3 is 1.16 bits per heavy atom. The lowest BCUT2D eigenvalue weighted by atomic mass is 10.1. The van der Waals surface area contributed by atoms with Gasteiger partial charge in [0.15, 0.2) is 23.3 Å². The van der Waals surface area contributed by atoms with Crippen LogP contribution in [0.4, 0.5) is 39.6 Å². The highest BCUT2D eigenvalue weighted by atomic mass is 32.2. The Kier molecular flexibility index (Phi) is 33.4. The molecule has 0 saturated carbocycles. The van der Waals surface area contributed by atoms with E-state index in [9.17, 15) is 37.5 Å². The average molecular weight is 1090 g/mol. The van der Waals surface area contributed by atoms with Crippen molar-refractivity contribution in [2.24, 2.45) is 0 Å². The summed E-state index contributed by atoms with van der Waals surface area (Å²) in [5.41, 5.74) is -2.65. The monoisotopic (exact) mass is 1090 g/mol. The SMILES string of the molecule is CCCCCCCCOC(=O)Nc1nc(=O)n([C@@H]2CS[C@H](COC(=O)OCCCCCCCC)O2)cc1F.CCCCCCCOC(=O)Nc1nc(=O)n([C@@H]2CS[C@H](COC(=O)OCCCCCCC)O2)cc1F. The van der Waals surface area contributed by atoms with Crippen LogP contribution in [0.15, 0.2) is 22.0 Å². The maximum absolute atomic E-state index is 14.5. The molecule has 24 heteroatoms. The summed E-state index contributed by atoms with van der Waals surface area (Å²) in [7, 11) is 0. The number of rotatable bonds is 34. The maximum Gasteiger partial charge on any atom is 0.508 e. The summed E-state index contributed by atoms with van der Waals surface area (Å²) >= 11 is 2.63. The Hall–Kier alpha value is -4.68. The van der Waals surface area contributed by atoms with Gasteiger partial charge in [-0.3, -0.25) is 19.8 Å². The van der Waals surface area contributed by atoms with E-state index in [0.29, 0.717) is 37.6 Å². The number of ether oxygens (including phenoxy) is 8. The van der Waals surface area contributed by atoms with Gasteiger partial charge in [0.25, 0.3) is 0 Å². The number of thioether (sulfide) groups is 2.